The van der Waals surface area contributed by atoms with Crippen LogP contribution in [0.4, 0.5) is 19.0 Å². The summed E-state index contributed by atoms with van der Waals surface area (Å²) in [5, 5.41) is 0.591. The molecule has 0 N–H and O–H groups in total. The van der Waals surface area contributed by atoms with E-state index in [9.17, 15) is 13.2 Å². The van der Waals surface area contributed by atoms with Gasteiger partial charge < -0.3 is 14.4 Å². The van der Waals surface area contributed by atoms with E-state index in [0.717, 1.165) is 12.1 Å². The van der Waals surface area contributed by atoms with Crippen molar-refractivity contribution in [1.82, 2.24) is 9.97 Å². The van der Waals surface area contributed by atoms with Gasteiger partial charge in [0.25, 0.3) is 0 Å². The Hall–Kier alpha value is -2.84. The zero-order valence-electron chi connectivity index (χ0n) is 14.9. The van der Waals surface area contributed by atoms with Crippen molar-refractivity contribution in [2.45, 2.75) is 12.2 Å². The molecule has 0 radical (unpaired) electrons. The maximum absolute atomic E-state index is 13.0. The number of nitrogens with zero attached hydrogens (tertiary/aromatic N) is 3. The Morgan fingerprint density at radius 1 is 1.07 bits per heavy atom. The second kappa shape index (κ2) is 7.88. The highest BCUT2D eigenvalue weighted by molar-refractivity contribution is 6.30. The molecular formula is C20H15ClF3N3O2. The molecule has 0 amide bonds. The van der Waals surface area contributed by atoms with Gasteiger partial charge in [0.15, 0.2) is 0 Å². The Balaban J connectivity index is 1.52. The third-order valence-corrected chi connectivity index (χ3v) is 4.68. The predicted octanol–water partition coefficient (Wildman–Crippen LogP) is 5.48. The summed E-state index contributed by atoms with van der Waals surface area (Å²) >= 11 is 5.84. The lowest BCUT2D eigenvalue weighted by Crippen LogP contribution is -2.25. The molecule has 5 nitrogen and oxygen atoms in total. The molecule has 0 aliphatic carbocycles. The van der Waals surface area contributed by atoms with Gasteiger partial charge in [-0.2, -0.15) is 13.2 Å². The van der Waals surface area contributed by atoms with Gasteiger partial charge >= 0.3 is 6.18 Å². The van der Waals surface area contributed by atoms with Gasteiger partial charge in [-0.25, -0.2) is 9.97 Å². The lowest BCUT2D eigenvalue weighted by atomic mass is 10.0. The molecule has 1 aliphatic heterocycles. The van der Waals surface area contributed by atoms with Crippen molar-refractivity contribution in [3.05, 3.63) is 77.1 Å². The highest BCUT2D eigenvalue weighted by Gasteiger charge is 2.33. The quantitative estimate of drug-likeness (QED) is 0.558. The Morgan fingerprint density at radius 3 is 2.55 bits per heavy atom. The molecule has 1 aliphatic rings. The van der Waals surface area contributed by atoms with Crippen molar-refractivity contribution in [2.75, 3.05) is 18.2 Å². The molecule has 1 saturated heterocycles. The van der Waals surface area contributed by atoms with E-state index < -0.39 is 17.8 Å². The van der Waals surface area contributed by atoms with Crippen LogP contribution < -0.4 is 9.64 Å². The summed E-state index contributed by atoms with van der Waals surface area (Å²) < 4.78 is 50.2. The van der Waals surface area contributed by atoms with Crippen LogP contribution in [0.25, 0.3) is 0 Å². The standard InChI is InChI=1S/C20H15ClF3N3O2/c21-15-4-6-16(7-5-15)29-19-10-25-18(9-26-19)27-12-28-11-17(27)13-2-1-3-14(8-13)20(22,23)24/h1-10,17H,11-12H2/t17-/m1/s1. The first-order chi connectivity index (χ1) is 13.9. The fourth-order valence-electron chi connectivity index (χ4n) is 3.00. The number of rotatable bonds is 4. The fraction of sp³-hybridized carbons (Fsp3) is 0.200. The van der Waals surface area contributed by atoms with Crippen molar-refractivity contribution < 1.29 is 22.6 Å². The van der Waals surface area contributed by atoms with Gasteiger partial charge in [0.1, 0.15) is 18.3 Å². The summed E-state index contributed by atoms with van der Waals surface area (Å²) in [7, 11) is 0. The molecule has 150 valence electrons. The molecular weight excluding hydrogens is 407 g/mol. The molecule has 1 aromatic heterocycles. The zero-order chi connectivity index (χ0) is 20.4. The molecule has 0 saturated carbocycles. The Morgan fingerprint density at radius 2 is 1.86 bits per heavy atom. The van der Waals surface area contributed by atoms with Crippen LogP contribution in [0.3, 0.4) is 0 Å². The van der Waals surface area contributed by atoms with Gasteiger partial charge in [0.05, 0.1) is 30.6 Å². The van der Waals surface area contributed by atoms with Crippen LogP contribution in [0.2, 0.25) is 5.02 Å². The van der Waals surface area contributed by atoms with E-state index in [1.165, 1.54) is 18.5 Å². The minimum absolute atomic E-state index is 0.201. The molecule has 1 atom stereocenters. The number of ether oxygens (including phenoxy) is 2. The lowest BCUT2D eigenvalue weighted by Gasteiger charge is -2.24. The van der Waals surface area contributed by atoms with E-state index in [1.807, 2.05) is 0 Å². The van der Waals surface area contributed by atoms with Crippen LogP contribution in [0, 0.1) is 0 Å². The van der Waals surface area contributed by atoms with E-state index in [2.05, 4.69) is 9.97 Å². The molecule has 9 heteroatoms. The normalized spacial score (nSPS) is 16.8. The molecule has 2 heterocycles. The number of hydrogen-bond donors (Lipinski definition) is 0. The van der Waals surface area contributed by atoms with E-state index in [4.69, 9.17) is 21.1 Å². The molecule has 0 spiro atoms. The average molecular weight is 422 g/mol. The second-order valence-electron chi connectivity index (χ2n) is 6.38. The zero-order valence-corrected chi connectivity index (χ0v) is 15.7. The van der Waals surface area contributed by atoms with E-state index in [0.29, 0.717) is 22.2 Å². The van der Waals surface area contributed by atoms with Crippen molar-refractivity contribution >= 4 is 17.4 Å². The fourth-order valence-corrected chi connectivity index (χ4v) is 3.13. The first-order valence-electron chi connectivity index (χ1n) is 8.67. The maximum atomic E-state index is 13.0. The molecule has 2 aromatic carbocycles. The van der Waals surface area contributed by atoms with Gasteiger partial charge in [-0.1, -0.05) is 23.7 Å². The van der Waals surface area contributed by atoms with E-state index in [1.54, 1.807) is 35.2 Å². The van der Waals surface area contributed by atoms with Gasteiger partial charge in [0, 0.05) is 5.02 Å². The number of benzene rings is 2. The summed E-state index contributed by atoms with van der Waals surface area (Å²) in [6.45, 7) is 0.457. The van der Waals surface area contributed by atoms with Crippen LogP contribution in [0.1, 0.15) is 17.2 Å². The summed E-state index contributed by atoms with van der Waals surface area (Å²) in [4.78, 5) is 10.3. The van der Waals surface area contributed by atoms with Crippen molar-refractivity contribution in [1.29, 1.82) is 0 Å². The molecule has 0 bridgehead atoms. The highest BCUT2D eigenvalue weighted by atomic mass is 35.5. The lowest BCUT2D eigenvalue weighted by molar-refractivity contribution is -0.137. The third-order valence-electron chi connectivity index (χ3n) is 4.43. The Labute approximate surface area is 169 Å². The molecule has 0 unspecified atom stereocenters. The maximum Gasteiger partial charge on any atom is 0.416 e. The van der Waals surface area contributed by atoms with Crippen LogP contribution in [0.15, 0.2) is 60.9 Å². The first kappa shape index (κ1) is 19.5. The van der Waals surface area contributed by atoms with Crippen LogP contribution in [-0.4, -0.2) is 23.3 Å². The summed E-state index contributed by atoms with van der Waals surface area (Å²) in [5.41, 5.74) is -0.194. The SMILES string of the molecule is FC(F)(F)c1cccc([C@H]2COCN2c2cnc(Oc3ccc(Cl)cc3)cn2)c1. The van der Waals surface area contributed by atoms with Crippen molar-refractivity contribution in [3.63, 3.8) is 0 Å². The minimum atomic E-state index is -4.40. The first-order valence-corrected chi connectivity index (χ1v) is 9.05. The Bertz CT molecular complexity index is 982. The summed E-state index contributed by atoms with van der Waals surface area (Å²) in [6.07, 6.45) is -1.45. The van der Waals surface area contributed by atoms with Crippen molar-refractivity contribution in [3.8, 4) is 11.6 Å². The van der Waals surface area contributed by atoms with Crippen molar-refractivity contribution in [2.24, 2.45) is 0 Å². The highest BCUT2D eigenvalue weighted by Crippen LogP contribution is 2.35. The third kappa shape index (κ3) is 4.44. The predicted molar refractivity (Wildman–Crippen MR) is 101 cm³/mol. The topological polar surface area (TPSA) is 47.5 Å². The summed E-state index contributed by atoms with van der Waals surface area (Å²) in [6, 6.07) is 11.6. The number of aromatic nitrogens is 2. The Kier molecular flexibility index (Phi) is 5.29. The molecule has 1 fully saturated rings. The number of hydrogen-bond acceptors (Lipinski definition) is 5. The van der Waals surface area contributed by atoms with Gasteiger partial charge in [-0.05, 0) is 42.0 Å². The molecule has 4 rings (SSSR count). The molecule has 3 aromatic rings. The van der Waals surface area contributed by atoms with E-state index >= 15 is 0 Å². The van der Waals surface area contributed by atoms with Crippen LogP contribution in [0.5, 0.6) is 11.6 Å². The number of alkyl halides is 3. The smallest absolute Gasteiger partial charge is 0.416 e. The van der Waals surface area contributed by atoms with Gasteiger partial charge in [-0.3, -0.25) is 0 Å². The molecule has 29 heavy (non-hydrogen) atoms. The van der Waals surface area contributed by atoms with Crippen LogP contribution >= 0.6 is 11.6 Å². The minimum Gasteiger partial charge on any atom is -0.438 e. The van der Waals surface area contributed by atoms with Gasteiger partial charge in [-0.15, -0.1) is 0 Å². The average Bonchev–Trinajstić information content (AvgIpc) is 3.20. The van der Waals surface area contributed by atoms with Crippen LogP contribution in [-0.2, 0) is 10.9 Å². The van der Waals surface area contributed by atoms with E-state index in [-0.39, 0.29) is 19.2 Å². The monoisotopic (exact) mass is 421 g/mol. The number of anilines is 1. The van der Waals surface area contributed by atoms with Gasteiger partial charge in [0.2, 0.25) is 5.88 Å². The second-order valence-corrected chi connectivity index (χ2v) is 6.81. The number of halogens is 4. The largest absolute Gasteiger partial charge is 0.438 e. The summed E-state index contributed by atoms with van der Waals surface area (Å²) in [5.74, 6) is 1.32.